The normalized spacial score (nSPS) is 39.9. The van der Waals surface area contributed by atoms with E-state index in [1.165, 1.54) is 0 Å². The highest BCUT2D eigenvalue weighted by Gasteiger charge is 2.61. The van der Waals surface area contributed by atoms with Gasteiger partial charge in [0.2, 0.25) is 0 Å². The van der Waals surface area contributed by atoms with Gasteiger partial charge in [-0.05, 0) is 26.7 Å². The molecule has 1 saturated carbocycles. The molecule has 1 heterocycles. The summed E-state index contributed by atoms with van der Waals surface area (Å²) in [5, 5.41) is 0. The molecule has 2 aliphatic rings. The lowest BCUT2D eigenvalue weighted by atomic mass is 9.80. The average Bonchev–Trinajstić information content (AvgIpc) is 2.68. The first-order chi connectivity index (χ1) is 7.48. The second-order valence-electron chi connectivity index (χ2n) is 4.47. The van der Waals surface area contributed by atoms with Crippen LogP contribution in [0.1, 0.15) is 34.5 Å². The monoisotopic (exact) mass is 213 g/mol. The SMILES string of the molecule is [2H][C@H]1OC(=O)[C@]2(C(=O)OC(C)C)CCC[C@H]12. The first-order valence-electron chi connectivity index (χ1n) is 5.90. The molecular weight excluding hydrogens is 196 g/mol. The highest BCUT2D eigenvalue weighted by Crippen LogP contribution is 2.49. The smallest absolute Gasteiger partial charge is 0.324 e. The van der Waals surface area contributed by atoms with Crippen molar-refractivity contribution in [2.75, 3.05) is 6.58 Å². The van der Waals surface area contributed by atoms with Crippen LogP contribution in [0.25, 0.3) is 0 Å². The summed E-state index contributed by atoms with van der Waals surface area (Å²) in [7, 11) is 0. The van der Waals surface area contributed by atoms with Crippen molar-refractivity contribution in [3.8, 4) is 0 Å². The molecule has 0 bridgehead atoms. The van der Waals surface area contributed by atoms with Gasteiger partial charge < -0.3 is 9.47 Å². The number of carbonyl (C=O) groups is 2. The number of carbonyl (C=O) groups excluding carboxylic acids is 2. The van der Waals surface area contributed by atoms with E-state index in [9.17, 15) is 9.59 Å². The highest BCUT2D eigenvalue weighted by atomic mass is 16.6. The summed E-state index contributed by atoms with van der Waals surface area (Å²) in [6.45, 7) is 2.59. The van der Waals surface area contributed by atoms with Crippen LogP contribution in [0.4, 0.5) is 0 Å². The maximum absolute atomic E-state index is 12.0. The Hall–Kier alpha value is -1.06. The Morgan fingerprint density at radius 2 is 2.47 bits per heavy atom. The molecule has 0 unspecified atom stereocenters. The van der Waals surface area contributed by atoms with Gasteiger partial charge in [0.15, 0.2) is 5.41 Å². The van der Waals surface area contributed by atoms with Gasteiger partial charge in [0.25, 0.3) is 0 Å². The second-order valence-corrected chi connectivity index (χ2v) is 4.47. The van der Waals surface area contributed by atoms with Crippen LogP contribution < -0.4 is 0 Å². The molecule has 0 aromatic heterocycles. The second kappa shape index (κ2) is 3.51. The summed E-state index contributed by atoms with van der Waals surface area (Å²) in [5.74, 6) is -1.41. The van der Waals surface area contributed by atoms with Crippen molar-refractivity contribution in [2.45, 2.75) is 39.2 Å². The van der Waals surface area contributed by atoms with E-state index in [1.54, 1.807) is 13.8 Å². The molecule has 2 rings (SSSR count). The molecule has 1 aliphatic heterocycles. The van der Waals surface area contributed by atoms with Crippen molar-refractivity contribution >= 4 is 11.9 Å². The van der Waals surface area contributed by atoms with E-state index in [-0.39, 0.29) is 12.0 Å². The van der Waals surface area contributed by atoms with E-state index < -0.39 is 23.9 Å². The summed E-state index contributed by atoms with van der Waals surface area (Å²) in [6, 6.07) is 0. The third-order valence-corrected chi connectivity index (χ3v) is 3.13. The Morgan fingerprint density at radius 3 is 3.13 bits per heavy atom. The molecule has 84 valence electrons. The average molecular weight is 213 g/mol. The van der Waals surface area contributed by atoms with Gasteiger partial charge in [-0.15, -0.1) is 0 Å². The van der Waals surface area contributed by atoms with Crippen molar-refractivity contribution in [3.63, 3.8) is 0 Å². The van der Waals surface area contributed by atoms with Crippen molar-refractivity contribution in [1.82, 2.24) is 0 Å². The first-order valence-corrected chi connectivity index (χ1v) is 5.33. The number of rotatable bonds is 2. The Bertz CT molecular complexity index is 328. The zero-order valence-corrected chi connectivity index (χ0v) is 8.99. The molecule has 0 amide bonds. The standard InChI is InChI=1S/C11H16O4/c1-7(2)15-10(13)11-5-3-4-8(11)6-14-9(11)12/h7-8H,3-6H2,1-2H3/t8-,11+/m1/s1/i6D/t6-,8-,11+. The van der Waals surface area contributed by atoms with Crippen molar-refractivity contribution in [3.05, 3.63) is 0 Å². The van der Waals surface area contributed by atoms with E-state index in [0.717, 1.165) is 6.42 Å². The summed E-state index contributed by atoms with van der Waals surface area (Å²) in [4.78, 5) is 23.8. The molecule has 2 fully saturated rings. The predicted octanol–water partition coefficient (Wildman–Crippen LogP) is 1.28. The number of hydrogen-bond donors (Lipinski definition) is 0. The summed E-state index contributed by atoms with van der Waals surface area (Å²) >= 11 is 0. The van der Waals surface area contributed by atoms with Crippen LogP contribution in [0, 0.1) is 11.3 Å². The fraction of sp³-hybridized carbons (Fsp3) is 0.818. The van der Waals surface area contributed by atoms with Gasteiger partial charge in [-0.1, -0.05) is 6.42 Å². The van der Waals surface area contributed by atoms with Crippen molar-refractivity contribution in [1.29, 1.82) is 0 Å². The topological polar surface area (TPSA) is 52.6 Å². The van der Waals surface area contributed by atoms with Crippen LogP contribution in [-0.4, -0.2) is 24.6 Å². The van der Waals surface area contributed by atoms with Gasteiger partial charge in [0.05, 0.1) is 14.1 Å². The number of fused-ring (bicyclic) bond motifs is 1. The van der Waals surface area contributed by atoms with E-state index in [4.69, 9.17) is 10.8 Å². The number of esters is 2. The molecule has 1 saturated heterocycles. The number of hydrogen-bond acceptors (Lipinski definition) is 4. The Kier molecular flexibility index (Phi) is 2.15. The van der Waals surface area contributed by atoms with E-state index in [1.807, 2.05) is 0 Å². The highest BCUT2D eigenvalue weighted by molar-refractivity contribution is 6.02. The molecule has 0 N–H and O–H groups in total. The number of cyclic esters (lactones) is 1. The summed E-state index contributed by atoms with van der Waals surface area (Å²) < 4.78 is 17.6. The van der Waals surface area contributed by atoms with E-state index >= 15 is 0 Å². The third kappa shape index (κ3) is 1.43. The van der Waals surface area contributed by atoms with Crippen molar-refractivity contribution in [2.24, 2.45) is 11.3 Å². The maximum atomic E-state index is 12.0. The maximum Gasteiger partial charge on any atom is 0.324 e. The minimum atomic E-state index is -1.18. The molecule has 15 heavy (non-hydrogen) atoms. The summed E-state index contributed by atoms with van der Waals surface area (Å²) in [6.07, 6.45) is 1.67. The Morgan fingerprint density at radius 1 is 1.73 bits per heavy atom. The van der Waals surface area contributed by atoms with Gasteiger partial charge in [0, 0.05) is 5.92 Å². The van der Waals surface area contributed by atoms with Gasteiger partial charge in [0.1, 0.15) is 0 Å². The van der Waals surface area contributed by atoms with Gasteiger partial charge >= 0.3 is 11.9 Å². The van der Waals surface area contributed by atoms with Crippen LogP contribution >= 0.6 is 0 Å². The number of ether oxygens (including phenoxy) is 2. The molecule has 1 aliphatic carbocycles. The minimum Gasteiger partial charge on any atom is -0.464 e. The fourth-order valence-electron chi connectivity index (χ4n) is 2.38. The lowest BCUT2D eigenvalue weighted by molar-refractivity contribution is -0.168. The van der Waals surface area contributed by atoms with Crippen LogP contribution in [0.5, 0.6) is 0 Å². The molecule has 0 spiro atoms. The Labute approximate surface area is 90.3 Å². The molecule has 4 nitrogen and oxygen atoms in total. The minimum absolute atomic E-state index is 0.249. The van der Waals surface area contributed by atoms with Gasteiger partial charge in [-0.25, -0.2) is 0 Å². The zero-order chi connectivity index (χ0) is 11.9. The largest absolute Gasteiger partial charge is 0.464 e. The lowest BCUT2D eigenvalue weighted by Crippen LogP contribution is -2.40. The van der Waals surface area contributed by atoms with Crippen LogP contribution in [-0.2, 0) is 19.1 Å². The Balaban J connectivity index is 2.27. The molecular formula is C11H16O4. The molecule has 0 aromatic carbocycles. The molecule has 0 aromatic rings. The lowest BCUT2D eigenvalue weighted by Gasteiger charge is -2.23. The van der Waals surface area contributed by atoms with Crippen LogP contribution in [0.15, 0.2) is 0 Å². The molecule has 0 radical (unpaired) electrons. The van der Waals surface area contributed by atoms with Crippen LogP contribution in [0.2, 0.25) is 0 Å². The first kappa shape index (κ1) is 9.19. The zero-order valence-electron chi connectivity index (χ0n) is 9.99. The van der Waals surface area contributed by atoms with Crippen LogP contribution in [0.3, 0.4) is 0 Å². The molecule has 3 atom stereocenters. The van der Waals surface area contributed by atoms with E-state index in [2.05, 4.69) is 0 Å². The van der Waals surface area contributed by atoms with Crippen molar-refractivity contribution < 1.29 is 20.4 Å². The van der Waals surface area contributed by atoms with E-state index in [0.29, 0.717) is 12.8 Å². The third-order valence-electron chi connectivity index (χ3n) is 3.13. The van der Waals surface area contributed by atoms with Gasteiger partial charge in [-0.2, -0.15) is 0 Å². The quantitative estimate of drug-likeness (QED) is 0.512. The van der Waals surface area contributed by atoms with Gasteiger partial charge in [-0.3, -0.25) is 9.59 Å². The predicted molar refractivity (Wildman–Crippen MR) is 52.0 cm³/mol. The summed E-state index contributed by atoms with van der Waals surface area (Å²) in [5.41, 5.74) is -1.18. The molecule has 4 heteroatoms. The fourth-order valence-corrected chi connectivity index (χ4v) is 2.38.